The Morgan fingerprint density at radius 3 is 3.25 bits per heavy atom. The zero-order valence-corrected chi connectivity index (χ0v) is 9.58. The molecule has 0 saturated carbocycles. The number of aromatic nitrogens is 2. The third-order valence-corrected chi connectivity index (χ3v) is 3.56. The van der Waals surface area contributed by atoms with Gasteiger partial charge in [-0.05, 0) is 31.4 Å². The second kappa shape index (κ2) is 3.07. The molecule has 0 bridgehead atoms. The van der Waals surface area contributed by atoms with Gasteiger partial charge in [-0.15, -0.1) is 0 Å². The molecule has 5 nitrogen and oxygen atoms in total. The molecule has 1 N–H and O–H groups in total. The lowest BCUT2D eigenvalue weighted by Crippen LogP contribution is -2.54. The number of nitrogens with zero attached hydrogens (tertiary/aromatic N) is 3. The Bertz CT molecular complexity index is 478. The van der Waals surface area contributed by atoms with Gasteiger partial charge in [-0.2, -0.15) is 4.98 Å². The van der Waals surface area contributed by atoms with Crippen molar-refractivity contribution in [3.63, 3.8) is 0 Å². The molecule has 1 fully saturated rings. The number of nitrogens with one attached hydrogen (secondary N) is 1. The first-order valence-electron chi connectivity index (χ1n) is 5.23. The Kier molecular flexibility index (Phi) is 1.89. The van der Waals surface area contributed by atoms with Crippen LogP contribution in [0.4, 0.5) is 11.5 Å². The summed E-state index contributed by atoms with van der Waals surface area (Å²) >= 11 is 5.79. The van der Waals surface area contributed by atoms with E-state index in [0.29, 0.717) is 5.69 Å². The SMILES string of the molecule is CC12CCCN1c1nc(Cl)ncc1NC2=O. The van der Waals surface area contributed by atoms with E-state index in [4.69, 9.17) is 11.6 Å². The van der Waals surface area contributed by atoms with Crippen molar-refractivity contribution in [3.05, 3.63) is 11.5 Å². The first-order valence-corrected chi connectivity index (χ1v) is 5.61. The summed E-state index contributed by atoms with van der Waals surface area (Å²) in [6.45, 7) is 2.78. The second-order valence-corrected chi connectivity index (χ2v) is 4.70. The summed E-state index contributed by atoms with van der Waals surface area (Å²) in [4.78, 5) is 22.1. The molecule has 16 heavy (non-hydrogen) atoms. The van der Waals surface area contributed by atoms with E-state index in [0.717, 1.165) is 25.2 Å². The van der Waals surface area contributed by atoms with Crippen molar-refractivity contribution in [3.8, 4) is 0 Å². The highest BCUT2D eigenvalue weighted by Crippen LogP contribution is 2.41. The van der Waals surface area contributed by atoms with Crippen LogP contribution in [0.3, 0.4) is 0 Å². The molecule has 0 aromatic carbocycles. The van der Waals surface area contributed by atoms with E-state index in [1.54, 1.807) is 6.20 Å². The first-order chi connectivity index (χ1) is 7.61. The van der Waals surface area contributed by atoms with Crippen LogP contribution in [0.5, 0.6) is 0 Å². The molecule has 2 aliphatic rings. The minimum absolute atomic E-state index is 0.0171. The Balaban J connectivity index is 2.17. The van der Waals surface area contributed by atoms with E-state index in [9.17, 15) is 4.79 Å². The fraction of sp³-hybridized carbons (Fsp3) is 0.500. The van der Waals surface area contributed by atoms with Gasteiger partial charge in [0.05, 0.1) is 6.20 Å². The van der Waals surface area contributed by atoms with Gasteiger partial charge in [0.15, 0.2) is 5.82 Å². The number of fused-ring (bicyclic) bond motifs is 3. The van der Waals surface area contributed by atoms with Gasteiger partial charge >= 0.3 is 0 Å². The Morgan fingerprint density at radius 2 is 2.44 bits per heavy atom. The molecule has 1 amide bonds. The van der Waals surface area contributed by atoms with Crippen molar-refractivity contribution >= 4 is 29.0 Å². The van der Waals surface area contributed by atoms with Crippen LogP contribution in [0.1, 0.15) is 19.8 Å². The lowest BCUT2D eigenvalue weighted by molar-refractivity contribution is -0.120. The van der Waals surface area contributed by atoms with E-state index in [1.807, 2.05) is 11.8 Å². The maximum atomic E-state index is 12.0. The number of halogens is 1. The molecule has 6 heteroatoms. The first kappa shape index (κ1) is 9.84. The van der Waals surface area contributed by atoms with Gasteiger partial charge in [-0.25, -0.2) is 4.98 Å². The monoisotopic (exact) mass is 238 g/mol. The topological polar surface area (TPSA) is 58.1 Å². The van der Waals surface area contributed by atoms with E-state index in [-0.39, 0.29) is 11.2 Å². The smallest absolute Gasteiger partial charge is 0.250 e. The Labute approximate surface area is 97.8 Å². The Hall–Kier alpha value is -1.36. The van der Waals surface area contributed by atoms with Gasteiger partial charge in [-0.3, -0.25) is 4.79 Å². The number of rotatable bonds is 0. The molecule has 2 aliphatic heterocycles. The highest BCUT2D eigenvalue weighted by Gasteiger charge is 2.47. The number of anilines is 2. The van der Waals surface area contributed by atoms with Crippen molar-refractivity contribution in [1.82, 2.24) is 9.97 Å². The van der Waals surface area contributed by atoms with Gasteiger partial charge in [0.25, 0.3) is 0 Å². The third kappa shape index (κ3) is 1.15. The van der Waals surface area contributed by atoms with Crippen LogP contribution in [-0.4, -0.2) is 28.0 Å². The lowest BCUT2D eigenvalue weighted by atomic mass is 9.96. The van der Waals surface area contributed by atoms with Crippen molar-refractivity contribution in [2.75, 3.05) is 16.8 Å². The lowest BCUT2D eigenvalue weighted by Gasteiger charge is -2.39. The van der Waals surface area contributed by atoms with Crippen molar-refractivity contribution in [2.24, 2.45) is 0 Å². The summed E-state index contributed by atoms with van der Waals surface area (Å²) in [7, 11) is 0. The summed E-state index contributed by atoms with van der Waals surface area (Å²) in [5.74, 6) is 0.753. The van der Waals surface area contributed by atoms with Gasteiger partial charge < -0.3 is 10.2 Å². The molecule has 1 unspecified atom stereocenters. The van der Waals surface area contributed by atoms with E-state index in [1.165, 1.54) is 0 Å². The number of carbonyl (C=O) groups excluding carboxylic acids is 1. The molecule has 1 aromatic rings. The number of hydrogen-bond donors (Lipinski definition) is 1. The predicted octanol–water partition coefficient (Wildman–Crippen LogP) is 1.44. The Morgan fingerprint density at radius 1 is 1.62 bits per heavy atom. The highest BCUT2D eigenvalue weighted by atomic mass is 35.5. The van der Waals surface area contributed by atoms with Gasteiger partial charge in [-0.1, -0.05) is 0 Å². The van der Waals surface area contributed by atoms with Gasteiger partial charge in [0, 0.05) is 6.54 Å². The number of hydrogen-bond acceptors (Lipinski definition) is 4. The minimum atomic E-state index is -0.481. The summed E-state index contributed by atoms with van der Waals surface area (Å²) in [5.41, 5.74) is 0.166. The summed E-state index contributed by atoms with van der Waals surface area (Å²) < 4.78 is 0. The quantitative estimate of drug-likeness (QED) is 0.695. The molecule has 1 saturated heterocycles. The average molecular weight is 239 g/mol. The third-order valence-electron chi connectivity index (χ3n) is 3.37. The van der Waals surface area contributed by atoms with Crippen molar-refractivity contribution in [1.29, 1.82) is 0 Å². The largest absolute Gasteiger partial charge is 0.340 e. The van der Waals surface area contributed by atoms with E-state index >= 15 is 0 Å². The van der Waals surface area contributed by atoms with Crippen molar-refractivity contribution in [2.45, 2.75) is 25.3 Å². The normalized spacial score (nSPS) is 27.4. The molecule has 84 valence electrons. The number of carbonyl (C=O) groups is 1. The van der Waals surface area contributed by atoms with Crippen LogP contribution >= 0.6 is 11.6 Å². The van der Waals surface area contributed by atoms with Crippen molar-refractivity contribution < 1.29 is 4.79 Å². The fourth-order valence-electron chi connectivity index (χ4n) is 2.44. The molecular formula is C10H11ClN4O. The standard InChI is InChI=1S/C10H11ClN4O/c1-10-3-2-4-15(10)7-6(13-8(10)16)5-12-9(11)14-7/h5H,2-4H2,1H3,(H,13,16). The zero-order chi connectivity index (χ0) is 11.3. The molecule has 0 aliphatic carbocycles. The number of amides is 1. The van der Waals surface area contributed by atoms with E-state index in [2.05, 4.69) is 15.3 Å². The van der Waals surface area contributed by atoms with Crippen LogP contribution in [0.25, 0.3) is 0 Å². The predicted molar refractivity (Wildman–Crippen MR) is 60.7 cm³/mol. The van der Waals surface area contributed by atoms with E-state index < -0.39 is 5.54 Å². The summed E-state index contributed by atoms with van der Waals surface area (Å²) in [6.07, 6.45) is 3.39. The molecular weight excluding hydrogens is 228 g/mol. The highest BCUT2D eigenvalue weighted by molar-refractivity contribution is 6.28. The molecule has 1 atom stereocenters. The molecule has 1 aromatic heterocycles. The summed E-state index contributed by atoms with van der Waals surface area (Å²) in [5, 5.41) is 3.05. The van der Waals surface area contributed by atoms with Crippen LogP contribution in [0, 0.1) is 0 Å². The second-order valence-electron chi connectivity index (χ2n) is 4.36. The van der Waals surface area contributed by atoms with Crippen LogP contribution < -0.4 is 10.2 Å². The molecule has 0 radical (unpaired) electrons. The summed E-state index contributed by atoms with van der Waals surface area (Å²) in [6, 6.07) is 0. The fourth-order valence-corrected chi connectivity index (χ4v) is 2.57. The van der Waals surface area contributed by atoms with Crippen LogP contribution in [-0.2, 0) is 4.79 Å². The zero-order valence-electron chi connectivity index (χ0n) is 8.83. The van der Waals surface area contributed by atoms with Crippen LogP contribution in [0.2, 0.25) is 5.28 Å². The molecule has 3 rings (SSSR count). The minimum Gasteiger partial charge on any atom is -0.340 e. The molecule has 3 heterocycles. The maximum Gasteiger partial charge on any atom is 0.250 e. The average Bonchev–Trinajstić information content (AvgIpc) is 2.64. The van der Waals surface area contributed by atoms with Gasteiger partial charge in [0.2, 0.25) is 11.2 Å². The van der Waals surface area contributed by atoms with Gasteiger partial charge in [0.1, 0.15) is 11.2 Å². The molecule has 0 spiro atoms. The van der Waals surface area contributed by atoms with Crippen LogP contribution in [0.15, 0.2) is 6.20 Å². The maximum absolute atomic E-state index is 12.0.